The van der Waals surface area contributed by atoms with E-state index in [1.807, 2.05) is 6.07 Å². The number of halogens is 2. The molecule has 1 saturated carbocycles. The number of rotatable bonds is 3. The van der Waals surface area contributed by atoms with Crippen molar-refractivity contribution in [1.29, 1.82) is 0 Å². The van der Waals surface area contributed by atoms with Gasteiger partial charge in [-0.1, -0.05) is 25.4 Å². The second-order valence-corrected chi connectivity index (χ2v) is 6.91. The van der Waals surface area contributed by atoms with Crippen LogP contribution >= 0.6 is 35.6 Å². The van der Waals surface area contributed by atoms with Crippen molar-refractivity contribution < 1.29 is 9.47 Å². The summed E-state index contributed by atoms with van der Waals surface area (Å²) in [5.74, 6) is 1.52. The van der Waals surface area contributed by atoms with E-state index >= 15 is 0 Å². The van der Waals surface area contributed by atoms with Crippen LogP contribution in [0.4, 0.5) is 5.69 Å². The fraction of sp³-hybridized carbons (Fsp3) is 0.562. The lowest BCUT2D eigenvalue weighted by Gasteiger charge is -2.52. The molecule has 1 saturated heterocycles. The highest BCUT2D eigenvalue weighted by atomic mass is 127. The highest BCUT2D eigenvalue weighted by Crippen LogP contribution is 2.53. The Kier molecular flexibility index (Phi) is 5.68. The van der Waals surface area contributed by atoms with Crippen LogP contribution in [0.25, 0.3) is 0 Å². The molecular weight excluding hydrogens is 429 g/mol. The van der Waals surface area contributed by atoms with E-state index in [-0.39, 0.29) is 35.4 Å². The minimum Gasteiger partial charge on any atom is -0.495 e. The van der Waals surface area contributed by atoms with Crippen LogP contribution in [0.3, 0.4) is 0 Å². The van der Waals surface area contributed by atoms with Crippen LogP contribution < -0.4 is 15.8 Å². The molecule has 0 aromatic heterocycles. The van der Waals surface area contributed by atoms with Crippen molar-refractivity contribution in [3.05, 3.63) is 23.2 Å². The predicted octanol–water partition coefficient (Wildman–Crippen LogP) is 3.51. The van der Waals surface area contributed by atoms with E-state index in [0.29, 0.717) is 28.8 Å². The van der Waals surface area contributed by atoms with Gasteiger partial charge in [0, 0.05) is 23.6 Å². The molecule has 1 aromatic carbocycles. The molecule has 5 nitrogen and oxygen atoms in total. The van der Waals surface area contributed by atoms with E-state index in [1.54, 1.807) is 19.2 Å². The van der Waals surface area contributed by atoms with E-state index in [9.17, 15) is 0 Å². The van der Waals surface area contributed by atoms with Gasteiger partial charge in [-0.05, 0) is 24.6 Å². The second kappa shape index (κ2) is 7.03. The molecule has 128 valence electrons. The minimum absolute atomic E-state index is 0. The molecule has 0 amide bonds. The van der Waals surface area contributed by atoms with Crippen molar-refractivity contribution >= 4 is 47.2 Å². The third kappa shape index (κ3) is 3.39. The summed E-state index contributed by atoms with van der Waals surface area (Å²) in [6, 6.07) is 5.63. The van der Waals surface area contributed by atoms with Gasteiger partial charge in [-0.15, -0.1) is 24.0 Å². The molecule has 1 aromatic rings. The van der Waals surface area contributed by atoms with Crippen molar-refractivity contribution in [2.45, 2.75) is 32.4 Å². The Labute approximate surface area is 159 Å². The molecule has 3 N–H and O–H groups in total. The lowest BCUT2D eigenvalue weighted by Crippen LogP contribution is -2.59. The van der Waals surface area contributed by atoms with Crippen LogP contribution in [0.2, 0.25) is 5.02 Å². The summed E-state index contributed by atoms with van der Waals surface area (Å²) in [7, 11) is 1.59. The normalized spacial score (nSPS) is 28.3. The average Bonchev–Trinajstić information content (AvgIpc) is 2.92. The first-order chi connectivity index (χ1) is 10.4. The Morgan fingerprint density at radius 2 is 2.22 bits per heavy atom. The Morgan fingerprint density at radius 1 is 1.48 bits per heavy atom. The van der Waals surface area contributed by atoms with E-state index in [1.165, 1.54) is 0 Å². The minimum atomic E-state index is 0. The van der Waals surface area contributed by atoms with Crippen molar-refractivity contribution in [2.75, 3.05) is 19.0 Å². The van der Waals surface area contributed by atoms with Crippen LogP contribution in [-0.4, -0.2) is 31.8 Å². The molecule has 1 heterocycles. The van der Waals surface area contributed by atoms with Crippen molar-refractivity contribution in [3.63, 3.8) is 0 Å². The maximum atomic E-state index is 6.11. The molecule has 3 atom stereocenters. The number of guanidine groups is 1. The first kappa shape index (κ1) is 18.6. The fourth-order valence-corrected chi connectivity index (χ4v) is 3.89. The quantitative estimate of drug-likeness (QED) is 0.419. The molecule has 0 radical (unpaired) electrons. The van der Waals surface area contributed by atoms with Gasteiger partial charge in [0.15, 0.2) is 5.96 Å². The van der Waals surface area contributed by atoms with Gasteiger partial charge in [0.2, 0.25) is 0 Å². The highest BCUT2D eigenvalue weighted by Gasteiger charge is 2.59. The van der Waals surface area contributed by atoms with Crippen molar-refractivity contribution in [2.24, 2.45) is 22.1 Å². The summed E-state index contributed by atoms with van der Waals surface area (Å²) in [4.78, 5) is 4.67. The zero-order valence-corrected chi connectivity index (χ0v) is 16.6. The molecule has 3 rings (SSSR count). The summed E-state index contributed by atoms with van der Waals surface area (Å²) in [6.07, 6.45) is 1.37. The monoisotopic (exact) mass is 451 g/mol. The van der Waals surface area contributed by atoms with Gasteiger partial charge in [0.25, 0.3) is 0 Å². The Bertz CT molecular complexity index is 609. The van der Waals surface area contributed by atoms with Crippen LogP contribution in [-0.2, 0) is 4.74 Å². The van der Waals surface area contributed by atoms with Crippen LogP contribution in [0, 0.1) is 11.3 Å². The summed E-state index contributed by atoms with van der Waals surface area (Å²) in [6.45, 7) is 5.20. The molecule has 3 unspecified atom stereocenters. The molecule has 0 spiro atoms. The van der Waals surface area contributed by atoms with Gasteiger partial charge in [-0.2, -0.15) is 0 Å². The van der Waals surface area contributed by atoms with E-state index in [2.05, 4.69) is 24.2 Å². The largest absolute Gasteiger partial charge is 0.495 e. The number of nitrogens with one attached hydrogen (secondary N) is 1. The lowest BCUT2D eigenvalue weighted by molar-refractivity contribution is -0.0985. The molecule has 2 fully saturated rings. The third-order valence-corrected chi connectivity index (χ3v) is 5.04. The topological polar surface area (TPSA) is 68.9 Å². The van der Waals surface area contributed by atoms with Crippen molar-refractivity contribution in [1.82, 2.24) is 0 Å². The maximum absolute atomic E-state index is 6.11. The van der Waals surface area contributed by atoms with Gasteiger partial charge < -0.3 is 20.5 Å². The summed E-state index contributed by atoms with van der Waals surface area (Å²) < 4.78 is 10.9. The summed E-state index contributed by atoms with van der Waals surface area (Å²) in [5, 5.41) is 3.63. The smallest absolute Gasteiger partial charge is 0.193 e. The molecule has 1 aliphatic carbocycles. The fourth-order valence-electron chi connectivity index (χ4n) is 3.63. The summed E-state index contributed by atoms with van der Waals surface area (Å²) >= 11 is 6.11. The van der Waals surface area contributed by atoms with Crippen LogP contribution in [0.15, 0.2) is 23.2 Å². The molecular formula is C16H23ClIN3O2. The van der Waals surface area contributed by atoms with Gasteiger partial charge in [-0.3, -0.25) is 0 Å². The molecule has 7 heteroatoms. The van der Waals surface area contributed by atoms with E-state index in [0.717, 1.165) is 18.7 Å². The van der Waals surface area contributed by atoms with Crippen LogP contribution in [0.5, 0.6) is 5.75 Å². The zero-order chi connectivity index (χ0) is 15.9. The van der Waals surface area contributed by atoms with Crippen molar-refractivity contribution in [3.8, 4) is 5.75 Å². The molecule has 0 bridgehead atoms. The molecule has 1 aliphatic heterocycles. The van der Waals surface area contributed by atoms with Gasteiger partial charge in [0.1, 0.15) is 5.75 Å². The molecule has 23 heavy (non-hydrogen) atoms. The first-order valence-electron chi connectivity index (χ1n) is 7.49. The zero-order valence-electron chi connectivity index (χ0n) is 13.5. The van der Waals surface area contributed by atoms with Gasteiger partial charge in [0.05, 0.1) is 24.3 Å². The Hall–Kier alpha value is -0.730. The number of benzene rings is 1. The number of anilines is 1. The number of aliphatic imine (C=N–C) groups is 1. The standard InChI is InChI=1S/C16H22ClN3O2.HI/c1-16(2)13(10-6-7-22-14(10)16)20-15(18)19-9-4-5-12(21-3)11(17)8-9;/h4-5,8,10,13-14H,6-7H2,1-3H3,(H3,18,19,20);1H. The van der Waals surface area contributed by atoms with E-state index < -0.39 is 0 Å². The average molecular weight is 452 g/mol. The lowest BCUT2D eigenvalue weighted by atomic mass is 9.57. The third-order valence-electron chi connectivity index (χ3n) is 4.74. The number of hydrogen-bond donors (Lipinski definition) is 2. The number of nitrogens with zero attached hydrogens (tertiary/aromatic N) is 1. The SMILES string of the molecule is COc1ccc(NC(N)=NC2C3CCOC3C2(C)C)cc1Cl.I. The Balaban J connectivity index is 0.00000192. The second-order valence-electron chi connectivity index (χ2n) is 6.50. The van der Waals surface area contributed by atoms with Crippen LogP contribution in [0.1, 0.15) is 20.3 Å². The predicted molar refractivity (Wildman–Crippen MR) is 104 cm³/mol. The first-order valence-corrected chi connectivity index (χ1v) is 7.86. The number of methoxy groups -OCH3 is 1. The molecule has 2 aliphatic rings. The number of ether oxygens (including phenoxy) is 2. The number of nitrogens with two attached hydrogens (primary N) is 1. The van der Waals surface area contributed by atoms with E-state index in [4.69, 9.17) is 26.8 Å². The Morgan fingerprint density at radius 3 is 2.87 bits per heavy atom. The maximum Gasteiger partial charge on any atom is 0.193 e. The van der Waals surface area contributed by atoms with Gasteiger partial charge >= 0.3 is 0 Å². The number of fused-ring (bicyclic) bond motifs is 1. The van der Waals surface area contributed by atoms with Gasteiger partial charge in [-0.25, -0.2) is 4.99 Å². The number of hydrogen-bond acceptors (Lipinski definition) is 3. The highest BCUT2D eigenvalue weighted by molar-refractivity contribution is 14.0. The summed E-state index contributed by atoms with van der Waals surface area (Å²) in [5.41, 5.74) is 6.89.